The van der Waals surface area contributed by atoms with Gasteiger partial charge in [-0.15, -0.1) is 0 Å². The standard InChI is InChI=1S/C11H9F7O/c1-6(19)7-2-4-8(5-3-7)9(12,13)10(14,15)11(16,17)18/h2-6,19H,1H3. The van der Waals surface area contributed by atoms with E-state index in [1.165, 1.54) is 6.92 Å². The van der Waals surface area contributed by atoms with Crippen LogP contribution in [0.4, 0.5) is 30.7 Å². The van der Waals surface area contributed by atoms with Gasteiger partial charge in [-0.05, 0) is 12.5 Å². The molecule has 108 valence electrons. The lowest BCUT2D eigenvalue weighted by atomic mass is 9.99. The van der Waals surface area contributed by atoms with Crippen molar-refractivity contribution >= 4 is 0 Å². The zero-order valence-electron chi connectivity index (χ0n) is 9.48. The first-order valence-electron chi connectivity index (χ1n) is 5.02. The van der Waals surface area contributed by atoms with Gasteiger partial charge in [0.15, 0.2) is 0 Å². The lowest BCUT2D eigenvalue weighted by Gasteiger charge is -2.28. The van der Waals surface area contributed by atoms with E-state index >= 15 is 0 Å². The Kier molecular flexibility index (Phi) is 3.86. The molecule has 0 aliphatic carbocycles. The topological polar surface area (TPSA) is 20.2 Å². The Morgan fingerprint density at radius 1 is 0.895 bits per heavy atom. The lowest BCUT2D eigenvalue weighted by Crippen LogP contribution is -2.50. The zero-order chi connectivity index (χ0) is 15.1. The number of alkyl halides is 7. The molecule has 1 aromatic rings. The summed E-state index contributed by atoms with van der Waals surface area (Å²) in [6, 6.07) is 2.59. The third kappa shape index (κ3) is 2.68. The molecule has 1 rings (SSSR count). The van der Waals surface area contributed by atoms with Gasteiger partial charge in [0.05, 0.1) is 6.10 Å². The van der Waals surface area contributed by atoms with Crippen LogP contribution in [0.2, 0.25) is 0 Å². The first kappa shape index (κ1) is 15.7. The highest BCUT2D eigenvalue weighted by atomic mass is 19.4. The minimum absolute atomic E-state index is 0.120. The summed E-state index contributed by atoms with van der Waals surface area (Å²) in [5.74, 6) is -11.6. The van der Waals surface area contributed by atoms with Gasteiger partial charge in [-0.3, -0.25) is 0 Å². The van der Waals surface area contributed by atoms with E-state index in [0.717, 1.165) is 12.1 Å². The second-order valence-electron chi connectivity index (χ2n) is 3.94. The van der Waals surface area contributed by atoms with Gasteiger partial charge in [0.25, 0.3) is 0 Å². The highest BCUT2D eigenvalue weighted by Gasteiger charge is 2.73. The molecule has 0 radical (unpaired) electrons. The van der Waals surface area contributed by atoms with E-state index in [2.05, 4.69) is 0 Å². The number of rotatable bonds is 3. The fourth-order valence-corrected chi connectivity index (χ4v) is 1.33. The summed E-state index contributed by atoms with van der Waals surface area (Å²) in [6.45, 7) is 1.29. The van der Waals surface area contributed by atoms with Gasteiger partial charge in [0, 0.05) is 5.56 Å². The molecule has 0 spiro atoms. The summed E-state index contributed by atoms with van der Waals surface area (Å²) in [4.78, 5) is 0. The van der Waals surface area contributed by atoms with Crippen molar-refractivity contribution in [2.45, 2.75) is 31.0 Å². The van der Waals surface area contributed by atoms with E-state index in [9.17, 15) is 30.7 Å². The summed E-state index contributed by atoms with van der Waals surface area (Å²) < 4.78 is 87.8. The molecule has 0 saturated carbocycles. The Morgan fingerprint density at radius 3 is 1.63 bits per heavy atom. The van der Waals surface area contributed by atoms with Crippen molar-refractivity contribution in [1.29, 1.82) is 0 Å². The Labute approximate surface area is 103 Å². The summed E-state index contributed by atoms with van der Waals surface area (Å²) in [6.07, 6.45) is -7.41. The van der Waals surface area contributed by atoms with Crippen LogP contribution in [0.5, 0.6) is 0 Å². The molecular weight excluding hydrogens is 281 g/mol. The summed E-state index contributed by atoms with van der Waals surface area (Å²) >= 11 is 0. The first-order chi connectivity index (χ1) is 8.41. The zero-order valence-corrected chi connectivity index (χ0v) is 9.48. The molecule has 1 nitrogen and oxygen atoms in total. The highest BCUT2D eigenvalue weighted by Crippen LogP contribution is 2.51. The number of benzene rings is 1. The molecule has 1 N–H and O–H groups in total. The molecule has 19 heavy (non-hydrogen) atoms. The quantitative estimate of drug-likeness (QED) is 0.833. The van der Waals surface area contributed by atoms with E-state index in [0.29, 0.717) is 12.1 Å². The molecule has 0 aliphatic rings. The van der Waals surface area contributed by atoms with Crippen LogP contribution in [-0.2, 0) is 5.92 Å². The SMILES string of the molecule is CC(O)c1ccc(C(F)(F)C(F)(F)C(F)(F)F)cc1. The van der Waals surface area contributed by atoms with Crippen LogP contribution >= 0.6 is 0 Å². The molecule has 1 aromatic carbocycles. The molecule has 0 aliphatic heterocycles. The van der Waals surface area contributed by atoms with Crippen LogP contribution in [0, 0.1) is 0 Å². The number of hydrogen-bond acceptors (Lipinski definition) is 1. The van der Waals surface area contributed by atoms with Gasteiger partial charge < -0.3 is 5.11 Å². The van der Waals surface area contributed by atoms with Crippen LogP contribution in [0.1, 0.15) is 24.2 Å². The van der Waals surface area contributed by atoms with E-state index in [4.69, 9.17) is 5.11 Å². The molecule has 0 amide bonds. The third-order valence-corrected chi connectivity index (χ3v) is 2.51. The van der Waals surface area contributed by atoms with Gasteiger partial charge in [0.1, 0.15) is 0 Å². The number of halogens is 7. The van der Waals surface area contributed by atoms with Crippen LogP contribution in [0.25, 0.3) is 0 Å². The molecule has 0 saturated heterocycles. The maximum absolute atomic E-state index is 13.2. The average Bonchev–Trinajstić information content (AvgIpc) is 2.27. The predicted octanol–water partition coefficient (Wildman–Crippen LogP) is 4.03. The fraction of sp³-hybridized carbons (Fsp3) is 0.455. The van der Waals surface area contributed by atoms with Crippen LogP contribution in [0.15, 0.2) is 24.3 Å². The third-order valence-electron chi connectivity index (χ3n) is 2.51. The molecule has 0 heterocycles. The van der Waals surface area contributed by atoms with E-state index < -0.39 is 29.7 Å². The number of hydrogen-bond donors (Lipinski definition) is 1. The van der Waals surface area contributed by atoms with Crippen molar-refractivity contribution in [3.05, 3.63) is 35.4 Å². The maximum Gasteiger partial charge on any atom is 0.460 e. The van der Waals surface area contributed by atoms with Gasteiger partial charge in [-0.25, -0.2) is 0 Å². The number of aliphatic hydroxyl groups is 1. The summed E-state index contributed by atoms with van der Waals surface area (Å²) in [5, 5.41) is 9.09. The molecule has 1 atom stereocenters. The summed E-state index contributed by atoms with van der Waals surface area (Å²) in [7, 11) is 0. The van der Waals surface area contributed by atoms with Crippen molar-refractivity contribution in [3.63, 3.8) is 0 Å². The molecule has 0 fully saturated rings. The maximum atomic E-state index is 13.2. The average molecular weight is 290 g/mol. The number of aliphatic hydroxyl groups excluding tert-OH is 1. The van der Waals surface area contributed by atoms with Gasteiger partial charge in [0.2, 0.25) is 0 Å². The Bertz CT molecular complexity index is 433. The van der Waals surface area contributed by atoms with Crippen molar-refractivity contribution in [2.75, 3.05) is 0 Å². The van der Waals surface area contributed by atoms with Gasteiger partial charge in [-0.1, -0.05) is 24.3 Å². The minimum Gasteiger partial charge on any atom is -0.389 e. The lowest BCUT2D eigenvalue weighted by molar-refractivity contribution is -0.359. The first-order valence-corrected chi connectivity index (χ1v) is 5.02. The molecule has 0 bridgehead atoms. The smallest absolute Gasteiger partial charge is 0.389 e. The second kappa shape index (κ2) is 4.66. The predicted molar refractivity (Wildman–Crippen MR) is 52.0 cm³/mol. The van der Waals surface area contributed by atoms with E-state index in [1.807, 2.05) is 0 Å². The Balaban J connectivity index is 3.20. The Hall–Kier alpha value is -1.31. The normalized spacial score (nSPS) is 15.4. The monoisotopic (exact) mass is 290 g/mol. The fourth-order valence-electron chi connectivity index (χ4n) is 1.33. The summed E-state index contributed by atoms with van der Waals surface area (Å²) in [5.41, 5.74) is -1.35. The van der Waals surface area contributed by atoms with Crippen molar-refractivity contribution < 1.29 is 35.8 Å². The highest BCUT2D eigenvalue weighted by molar-refractivity contribution is 5.28. The second-order valence-corrected chi connectivity index (χ2v) is 3.94. The largest absolute Gasteiger partial charge is 0.460 e. The van der Waals surface area contributed by atoms with Crippen molar-refractivity contribution in [3.8, 4) is 0 Å². The molecular formula is C11H9F7O. The van der Waals surface area contributed by atoms with Crippen molar-refractivity contribution in [2.24, 2.45) is 0 Å². The van der Waals surface area contributed by atoms with Gasteiger partial charge in [-0.2, -0.15) is 30.7 Å². The molecule has 0 aromatic heterocycles. The van der Waals surface area contributed by atoms with Crippen LogP contribution < -0.4 is 0 Å². The van der Waals surface area contributed by atoms with E-state index in [-0.39, 0.29) is 5.56 Å². The van der Waals surface area contributed by atoms with Crippen LogP contribution in [-0.4, -0.2) is 17.2 Å². The van der Waals surface area contributed by atoms with Crippen LogP contribution in [0.3, 0.4) is 0 Å². The van der Waals surface area contributed by atoms with E-state index in [1.54, 1.807) is 0 Å². The Morgan fingerprint density at radius 2 is 1.32 bits per heavy atom. The molecule has 1 unspecified atom stereocenters. The van der Waals surface area contributed by atoms with Crippen molar-refractivity contribution in [1.82, 2.24) is 0 Å². The van der Waals surface area contributed by atoms with Gasteiger partial charge >= 0.3 is 18.0 Å². The minimum atomic E-state index is -6.36. The molecule has 8 heteroatoms.